The quantitative estimate of drug-likeness (QED) is 0.346. The molecule has 7 heteroatoms. The summed E-state index contributed by atoms with van der Waals surface area (Å²) in [5.74, 6) is 1.07. The third-order valence-corrected chi connectivity index (χ3v) is 5.62. The summed E-state index contributed by atoms with van der Waals surface area (Å²) in [6, 6.07) is 18.8. The van der Waals surface area contributed by atoms with Gasteiger partial charge in [0.1, 0.15) is 22.8 Å². The van der Waals surface area contributed by atoms with Crippen molar-refractivity contribution >= 4 is 28.3 Å². The van der Waals surface area contributed by atoms with Crippen LogP contribution in [-0.4, -0.2) is 25.9 Å². The maximum absolute atomic E-state index is 12.6. The Balaban J connectivity index is 1.41. The molecule has 1 amide bonds. The lowest BCUT2D eigenvalue weighted by molar-refractivity contribution is -0.116. The third-order valence-electron chi connectivity index (χ3n) is 5.62. The van der Waals surface area contributed by atoms with Crippen LogP contribution in [0.4, 0.5) is 5.69 Å². The molecule has 3 aromatic carbocycles. The molecule has 1 heterocycles. The number of amides is 1. The van der Waals surface area contributed by atoms with E-state index in [0.717, 1.165) is 5.56 Å². The molecule has 1 aromatic heterocycles. The van der Waals surface area contributed by atoms with E-state index in [-0.39, 0.29) is 30.0 Å². The number of hydrogen-bond acceptors (Lipinski definition) is 6. The van der Waals surface area contributed by atoms with Gasteiger partial charge in [0.05, 0.1) is 25.2 Å². The molecule has 0 fully saturated rings. The van der Waals surface area contributed by atoms with Gasteiger partial charge in [-0.25, -0.2) is 0 Å². The number of carbonyl (C=O) groups excluding carboxylic acids is 2. The first-order valence-corrected chi connectivity index (χ1v) is 11.1. The Morgan fingerprint density at radius 3 is 2.37 bits per heavy atom. The lowest BCUT2D eigenvalue weighted by atomic mass is 10.0. The van der Waals surface area contributed by atoms with E-state index in [1.54, 1.807) is 54.6 Å². The van der Waals surface area contributed by atoms with Crippen LogP contribution in [0, 0.1) is 6.92 Å². The summed E-state index contributed by atoms with van der Waals surface area (Å²) in [6.45, 7) is 1.90. The predicted octanol–water partition coefficient (Wildman–Crippen LogP) is 5.39. The highest BCUT2D eigenvalue weighted by Crippen LogP contribution is 2.26. The van der Waals surface area contributed by atoms with E-state index < -0.39 is 0 Å². The number of aryl methyl sites for hydroxylation is 1. The number of ether oxygens (including phenoxy) is 2. The lowest BCUT2D eigenvalue weighted by Gasteiger charge is -2.09. The number of anilines is 1. The number of nitrogens with one attached hydrogen (secondary N) is 1. The van der Waals surface area contributed by atoms with Gasteiger partial charge in [0.2, 0.25) is 5.91 Å². The van der Waals surface area contributed by atoms with Crippen molar-refractivity contribution in [1.82, 2.24) is 0 Å². The van der Waals surface area contributed by atoms with Gasteiger partial charge in [0.15, 0.2) is 11.2 Å². The predicted molar refractivity (Wildman–Crippen MR) is 134 cm³/mol. The highest BCUT2D eigenvalue weighted by molar-refractivity contribution is 6.02. The molecule has 4 aromatic rings. The Bertz CT molecular complexity index is 1450. The molecular formula is C28H25NO6. The molecule has 0 aliphatic rings. The van der Waals surface area contributed by atoms with Crippen molar-refractivity contribution in [1.29, 1.82) is 0 Å². The molecule has 1 N–H and O–H groups in total. The molecule has 35 heavy (non-hydrogen) atoms. The summed E-state index contributed by atoms with van der Waals surface area (Å²) in [5.41, 5.74) is 2.97. The van der Waals surface area contributed by atoms with Gasteiger partial charge in [-0.15, -0.1) is 0 Å². The maximum atomic E-state index is 12.6. The lowest BCUT2D eigenvalue weighted by Crippen LogP contribution is -2.14. The molecule has 178 valence electrons. The van der Waals surface area contributed by atoms with Crippen LogP contribution in [0.15, 0.2) is 75.9 Å². The van der Waals surface area contributed by atoms with Crippen LogP contribution >= 0.6 is 0 Å². The average molecular weight is 472 g/mol. The Labute approximate surface area is 202 Å². The Morgan fingerprint density at radius 2 is 1.66 bits per heavy atom. The number of benzene rings is 3. The van der Waals surface area contributed by atoms with Crippen LogP contribution in [0.25, 0.3) is 22.3 Å². The smallest absolute Gasteiger partial charge is 0.224 e. The zero-order valence-corrected chi connectivity index (χ0v) is 19.7. The highest BCUT2D eigenvalue weighted by atomic mass is 16.5. The van der Waals surface area contributed by atoms with Crippen molar-refractivity contribution in [2.45, 2.75) is 19.8 Å². The Hall–Kier alpha value is -4.39. The van der Waals surface area contributed by atoms with Crippen molar-refractivity contribution in [3.05, 3.63) is 88.1 Å². The second-order valence-corrected chi connectivity index (χ2v) is 8.09. The fourth-order valence-electron chi connectivity index (χ4n) is 3.75. The molecule has 0 saturated carbocycles. The first kappa shape index (κ1) is 23.8. The van der Waals surface area contributed by atoms with Gasteiger partial charge in [-0.3, -0.25) is 14.4 Å². The van der Waals surface area contributed by atoms with Gasteiger partial charge in [-0.2, -0.15) is 0 Å². The Kier molecular flexibility index (Phi) is 6.96. The molecule has 0 spiro atoms. The van der Waals surface area contributed by atoms with Crippen LogP contribution in [0.2, 0.25) is 0 Å². The van der Waals surface area contributed by atoms with Crippen molar-refractivity contribution in [2.75, 3.05) is 19.5 Å². The van der Waals surface area contributed by atoms with Crippen LogP contribution in [0.3, 0.4) is 0 Å². The van der Waals surface area contributed by atoms with E-state index >= 15 is 0 Å². The minimum absolute atomic E-state index is 0.0424. The second-order valence-electron chi connectivity index (χ2n) is 8.09. The monoisotopic (exact) mass is 471 g/mol. The number of carbonyl (C=O) groups is 2. The summed E-state index contributed by atoms with van der Waals surface area (Å²) < 4.78 is 16.3. The van der Waals surface area contributed by atoms with E-state index in [1.165, 1.54) is 20.3 Å². The van der Waals surface area contributed by atoms with Crippen LogP contribution < -0.4 is 20.2 Å². The number of fused-ring (bicyclic) bond motifs is 1. The minimum atomic E-state index is -0.274. The topological polar surface area (TPSA) is 94.8 Å². The average Bonchev–Trinajstić information content (AvgIpc) is 2.87. The summed E-state index contributed by atoms with van der Waals surface area (Å²) in [7, 11) is 3.05. The molecule has 0 bridgehead atoms. The molecule has 7 nitrogen and oxygen atoms in total. The molecule has 0 aliphatic heterocycles. The van der Waals surface area contributed by atoms with Crippen LogP contribution in [0.1, 0.15) is 28.8 Å². The number of Topliss-reactive ketones (excluding diaryl/α,β-unsaturated/α-hetero) is 1. The molecule has 0 saturated heterocycles. The summed E-state index contributed by atoms with van der Waals surface area (Å²) in [6.07, 6.45) is 0.109. The number of methoxy groups -OCH3 is 2. The van der Waals surface area contributed by atoms with E-state index in [4.69, 9.17) is 13.9 Å². The zero-order valence-electron chi connectivity index (χ0n) is 19.7. The zero-order chi connectivity index (χ0) is 24.9. The number of ketones is 1. The van der Waals surface area contributed by atoms with Gasteiger partial charge in [-0.1, -0.05) is 11.6 Å². The van der Waals surface area contributed by atoms with Gasteiger partial charge in [0, 0.05) is 30.2 Å². The van der Waals surface area contributed by atoms with Crippen LogP contribution in [-0.2, 0) is 4.79 Å². The van der Waals surface area contributed by atoms with Crippen molar-refractivity contribution in [3.8, 4) is 22.8 Å². The molecule has 0 atom stereocenters. The molecule has 0 aliphatic carbocycles. The summed E-state index contributed by atoms with van der Waals surface area (Å²) in [5, 5.41) is 3.23. The Morgan fingerprint density at radius 1 is 0.886 bits per heavy atom. The fraction of sp³-hybridized carbons (Fsp3) is 0.179. The first-order valence-electron chi connectivity index (χ1n) is 11.1. The second kappa shape index (κ2) is 10.3. The molecule has 0 radical (unpaired) electrons. The van der Waals surface area contributed by atoms with Crippen molar-refractivity contribution in [2.24, 2.45) is 0 Å². The van der Waals surface area contributed by atoms with Crippen molar-refractivity contribution in [3.63, 3.8) is 0 Å². The van der Waals surface area contributed by atoms with Crippen molar-refractivity contribution < 1.29 is 23.5 Å². The minimum Gasteiger partial charge on any atom is -0.497 e. The van der Waals surface area contributed by atoms with Gasteiger partial charge in [0.25, 0.3) is 0 Å². The standard InChI is InChI=1S/C28H25NO6/c1-17-4-11-25(34-3)21(14-17)23(30)10-13-28(32)29-19-7-5-18(6-8-19)27-16-24(31)22-15-20(33-2)9-12-26(22)35-27/h4-9,11-12,14-16H,10,13H2,1-3H3,(H,29,32). The highest BCUT2D eigenvalue weighted by Gasteiger charge is 2.15. The van der Waals surface area contributed by atoms with E-state index in [9.17, 15) is 14.4 Å². The number of rotatable bonds is 8. The van der Waals surface area contributed by atoms with Gasteiger partial charge in [-0.05, 0) is 61.5 Å². The van der Waals surface area contributed by atoms with E-state index in [0.29, 0.717) is 45.0 Å². The number of hydrogen-bond donors (Lipinski definition) is 1. The van der Waals surface area contributed by atoms with Gasteiger partial charge < -0.3 is 19.2 Å². The van der Waals surface area contributed by atoms with Crippen LogP contribution in [0.5, 0.6) is 11.5 Å². The van der Waals surface area contributed by atoms with E-state index in [1.807, 2.05) is 13.0 Å². The maximum Gasteiger partial charge on any atom is 0.224 e. The summed E-state index contributed by atoms with van der Waals surface area (Å²) in [4.78, 5) is 37.5. The molecule has 0 unspecified atom stereocenters. The summed E-state index contributed by atoms with van der Waals surface area (Å²) >= 11 is 0. The third kappa shape index (κ3) is 5.41. The molecule has 4 rings (SSSR count). The normalized spacial score (nSPS) is 10.7. The molecular weight excluding hydrogens is 446 g/mol. The van der Waals surface area contributed by atoms with Gasteiger partial charge >= 0.3 is 0 Å². The van der Waals surface area contributed by atoms with E-state index in [2.05, 4.69) is 5.32 Å². The first-order chi connectivity index (χ1) is 16.9. The fourth-order valence-corrected chi connectivity index (χ4v) is 3.75. The SMILES string of the molecule is COc1ccc2oc(-c3ccc(NC(=O)CCC(=O)c4cc(C)ccc4OC)cc3)cc(=O)c2c1. The largest absolute Gasteiger partial charge is 0.497 e.